The largest absolute Gasteiger partial charge is 0.233 e. The first-order valence-corrected chi connectivity index (χ1v) is 11.0. The Hall–Kier alpha value is -0.660. The first-order chi connectivity index (χ1) is 12.4. The predicted molar refractivity (Wildman–Crippen MR) is 118 cm³/mol. The SMILES string of the molecule is S=C=NC=CCCCCCCCCCCCCCCCCCN=C=S. The number of isothiocyanates is 2. The van der Waals surface area contributed by atoms with Gasteiger partial charge in [-0.25, -0.2) is 9.98 Å². The molecule has 0 aromatic rings. The number of hydrogen-bond donors (Lipinski definition) is 0. The Morgan fingerprint density at radius 3 is 1.44 bits per heavy atom. The van der Waals surface area contributed by atoms with Crippen LogP contribution in [0, 0.1) is 0 Å². The summed E-state index contributed by atoms with van der Waals surface area (Å²) in [5, 5.41) is 4.77. The molecule has 0 atom stereocenters. The molecule has 0 N–H and O–H groups in total. The highest BCUT2D eigenvalue weighted by Crippen LogP contribution is 2.13. The maximum atomic E-state index is 4.55. The normalized spacial score (nSPS) is 10.6. The lowest BCUT2D eigenvalue weighted by atomic mass is 10.0. The number of allylic oxidation sites excluding steroid dienone is 1. The van der Waals surface area contributed by atoms with E-state index in [1.165, 1.54) is 96.3 Å². The summed E-state index contributed by atoms with van der Waals surface area (Å²) < 4.78 is 0. The lowest BCUT2D eigenvalue weighted by molar-refractivity contribution is 0.531. The molecule has 0 heterocycles. The summed E-state index contributed by atoms with van der Waals surface area (Å²) in [6.45, 7) is 0.865. The first-order valence-electron chi connectivity index (χ1n) is 10.2. The van der Waals surface area contributed by atoms with Gasteiger partial charge in [-0.2, -0.15) is 0 Å². The number of aliphatic imine (C=N–C) groups is 2. The van der Waals surface area contributed by atoms with E-state index in [0.29, 0.717) is 0 Å². The fraction of sp³-hybridized carbons (Fsp3) is 0.810. The van der Waals surface area contributed by atoms with Gasteiger partial charge in [-0.05, 0) is 43.7 Å². The van der Waals surface area contributed by atoms with Crippen LogP contribution in [0.4, 0.5) is 0 Å². The van der Waals surface area contributed by atoms with Crippen molar-refractivity contribution in [1.82, 2.24) is 0 Å². The van der Waals surface area contributed by atoms with Crippen LogP contribution in [0.15, 0.2) is 22.3 Å². The molecule has 0 aromatic heterocycles. The Bertz CT molecular complexity index is 395. The molecule has 0 amide bonds. The van der Waals surface area contributed by atoms with Gasteiger partial charge in [0.05, 0.1) is 10.3 Å². The fourth-order valence-electron chi connectivity index (χ4n) is 2.95. The lowest BCUT2D eigenvalue weighted by Crippen LogP contribution is -1.84. The molecule has 0 fully saturated rings. The van der Waals surface area contributed by atoms with E-state index in [-0.39, 0.29) is 0 Å². The molecular formula is C21H36N2S2. The molecule has 142 valence electrons. The van der Waals surface area contributed by atoms with Gasteiger partial charge in [0.1, 0.15) is 0 Å². The highest BCUT2D eigenvalue weighted by Gasteiger charge is 1.94. The van der Waals surface area contributed by atoms with Crippen LogP contribution in [0.2, 0.25) is 0 Å². The van der Waals surface area contributed by atoms with E-state index in [1.807, 2.05) is 0 Å². The van der Waals surface area contributed by atoms with Crippen molar-refractivity contribution in [3.8, 4) is 0 Å². The maximum Gasteiger partial charge on any atom is 0.0634 e. The van der Waals surface area contributed by atoms with Gasteiger partial charge in [-0.1, -0.05) is 89.5 Å². The van der Waals surface area contributed by atoms with Crippen molar-refractivity contribution in [2.45, 2.75) is 103 Å². The van der Waals surface area contributed by atoms with Gasteiger partial charge in [0.25, 0.3) is 0 Å². The summed E-state index contributed by atoms with van der Waals surface area (Å²) in [6, 6.07) is 0. The van der Waals surface area contributed by atoms with E-state index in [4.69, 9.17) is 0 Å². The van der Waals surface area contributed by atoms with Crippen molar-refractivity contribution in [2.24, 2.45) is 9.98 Å². The van der Waals surface area contributed by atoms with Gasteiger partial charge in [-0.3, -0.25) is 0 Å². The molecular weight excluding hydrogens is 344 g/mol. The average Bonchev–Trinajstić information content (AvgIpc) is 2.63. The topological polar surface area (TPSA) is 24.7 Å². The quantitative estimate of drug-likeness (QED) is 0.129. The minimum Gasteiger partial charge on any atom is -0.233 e. The average molecular weight is 381 g/mol. The molecule has 25 heavy (non-hydrogen) atoms. The van der Waals surface area contributed by atoms with Gasteiger partial charge in [0, 0.05) is 12.7 Å². The smallest absolute Gasteiger partial charge is 0.0634 e. The lowest BCUT2D eigenvalue weighted by Gasteiger charge is -2.03. The summed E-state index contributed by atoms with van der Waals surface area (Å²) in [7, 11) is 0. The fourth-order valence-corrected chi connectivity index (χ4v) is 3.11. The van der Waals surface area contributed by atoms with Crippen LogP contribution < -0.4 is 0 Å². The van der Waals surface area contributed by atoms with Gasteiger partial charge < -0.3 is 0 Å². The number of nitrogens with zero attached hydrogens (tertiary/aromatic N) is 2. The highest BCUT2D eigenvalue weighted by atomic mass is 32.1. The molecule has 0 saturated heterocycles. The minimum absolute atomic E-state index is 0.865. The summed E-state index contributed by atoms with van der Waals surface area (Å²) in [6.07, 6.45) is 25.4. The van der Waals surface area contributed by atoms with Crippen molar-refractivity contribution >= 4 is 34.8 Å². The molecule has 0 saturated carbocycles. The second kappa shape index (κ2) is 23.3. The van der Waals surface area contributed by atoms with E-state index >= 15 is 0 Å². The highest BCUT2D eigenvalue weighted by molar-refractivity contribution is 7.78. The molecule has 0 aliphatic rings. The molecule has 0 bridgehead atoms. The van der Waals surface area contributed by atoms with Crippen molar-refractivity contribution in [3.63, 3.8) is 0 Å². The Labute approximate surface area is 166 Å². The Morgan fingerprint density at radius 2 is 1.00 bits per heavy atom. The minimum atomic E-state index is 0.865. The first kappa shape index (κ1) is 24.3. The van der Waals surface area contributed by atoms with E-state index < -0.39 is 0 Å². The molecule has 0 spiro atoms. The third-order valence-electron chi connectivity index (χ3n) is 4.44. The Kier molecular flexibility index (Phi) is 22.7. The molecule has 0 aliphatic carbocycles. The molecule has 0 aromatic carbocycles. The zero-order valence-electron chi connectivity index (χ0n) is 15.9. The van der Waals surface area contributed by atoms with E-state index in [2.05, 4.69) is 50.8 Å². The standard InChI is InChI=1S/C21H36N2S2/c24-20-22-18-16-14-12-10-8-6-4-2-1-3-5-7-9-11-13-15-17-19-23-21-25/h16,18H,1-15,17,19H2. The number of hydrogen-bond acceptors (Lipinski definition) is 4. The molecule has 0 aliphatic heterocycles. The van der Waals surface area contributed by atoms with Crippen LogP contribution in [0.3, 0.4) is 0 Å². The van der Waals surface area contributed by atoms with Crippen LogP contribution in [0.5, 0.6) is 0 Å². The van der Waals surface area contributed by atoms with Crippen LogP contribution in [-0.2, 0) is 0 Å². The molecule has 2 nitrogen and oxygen atoms in total. The number of rotatable bonds is 19. The van der Waals surface area contributed by atoms with Crippen molar-refractivity contribution < 1.29 is 0 Å². The predicted octanol–water partition coefficient (Wildman–Crippen LogP) is 7.95. The van der Waals surface area contributed by atoms with E-state index in [0.717, 1.165) is 13.0 Å². The van der Waals surface area contributed by atoms with Gasteiger partial charge >= 0.3 is 0 Å². The van der Waals surface area contributed by atoms with Crippen molar-refractivity contribution in [1.29, 1.82) is 0 Å². The van der Waals surface area contributed by atoms with Crippen LogP contribution in [0.25, 0.3) is 0 Å². The van der Waals surface area contributed by atoms with Gasteiger partial charge in [-0.15, -0.1) is 0 Å². The number of unbranched alkanes of at least 4 members (excludes halogenated alkanes) is 15. The zero-order valence-corrected chi connectivity index (χ0v) is 17.5. The van der Waals surface area contributed by atoms with E-state index in [9.17, 15) is 0 Å². The summed E-state index contributed by atoms with van der Waals surface area (Å²) in [5.41, 5.74) is 0. The number of thiocarbonyl (C=S) groups is 2. The van der Waals surface area contributed by atoms with Gasteiger partial charge in [0.15, 0.2) is 0 Å². The van der Waals surface area contributed by atoms with Crippen LogP contribution in [-0.4, -0.2) is 16.9 Å². The molecule has 0 radical (unpaired) electrons. The third kappa shape index (κ3) is 23.3. The Morgan fingerprint density at radius 1 is 0.560 bits per heavy atom. The van der Waals surface area contributed by atoms with E-state index in [1.54, 1.807) is 6.20 Å². The van der Waals surface area contributed by atoms with Crippen molar-refractivity contribution in [3.05, 3.63) is 12.3 Å². The second-order valence-corrected chi connectivity index (χ2v) is 7.04. The third-order valence-corrected chi connectivity index (χ3v) is 4.67. The summed E-state index contributed by atoms with van der Waals surface area (Å²) in [4.78, 5) is 7.71. The molecule has 4 heteroatoms. The summed E-state index contributed by atoms with van der Waals surface area (Å²) in [5.74, 6) is 0. The van der Waals surface area contributed by atoms with Gasteiger partial charge in [0.2, 0.25) is 0 Å². The molecule has 0 rings (SSSR count). The monoisotopic (exact) mass is 380 g/mol. The summed E-state index contributed by atoms with van der Waals surface area (Å²) >= 11 is 9.06. The van der Waals surface area contributed by atoms with Crippen molar-refractivity contribution in [2.75, 3.05) is 6.54 Å². The molecule has 0 unspecified atom stereocenters. The van der Waals surface area contributed by atoms with Crippen LogP contribution >= 0.6 is 24.4 Å². The van der Waals surface area contributed by atoms with Crippen LogP contribution in [0.1, 0.15) is 103 Å². The Balaban J connectivity index is 3.04. The maximum absolute atomic E-state index is 4.55. The second-order valence-electron chi connectivity index (χ2n) is 6.67. The zero-order chi connectivity index (χ0) is 18.3.